The summed E-state index contributed by atoms with van der Waals surface area (Å²) in [6.07, 6.45) is 1.53. The van der Waals surface area contributed by atoms with Crippen LogP contribution < -0.4 is 19.5 Å². The van der Waals surface area contributed by atoms with Crippen LogP contribution in [0.15, 0.2) is 24.8 Å². The Balaban J connectivity index is 2.85. The first kappa shape index (κ1) is 17.4. The molecule has 7 heteroatoms. The van der Waals surface area contributed by atoms with Gasteiger partial charge in [-0.2, -0.15) is 0 Å². The first-order chi connectivity index (χ1) is 10.6. The van der Waals surface area contributed by atoms with Crippen LogP contribution in [0, 0.1) is 0 Å². The Hall–Kier alpha value is -2.70. The smallest absolute Gasteiger partial charge is 0.338 e. The topological polar surface area (TPSA) is 83.1 Å². The van der Waals surface area contributed by atoms with Crippen molar-refractivity contribution in [1.82, 2.24) is 5.32 Å². The fourth-order valence-electron chi connectivity index (χ4n) is 1.65. The normalized spacial score (nSPS) is 9.59. The van der Waals surface area contributed by atoms with Crippen molar-refractivity contribution in [1.29, 1.82) is 0 Å². The van der Waals surface area contributed by atoms with Gasteiger partial charge in [0.15, 0.2) is 18.1 Å². The van der Waals surface area contributed by atoms with Gasteiger partial charge in [0.05, 0.1) is 26.9 Å². The van der Waals surface area contributed by atoms with Crippen molar-refractivity contribution >= 4 is 11.9 Å². The highest BCUT2D eigenvalue weighted by molar-refractivity contribution is 5.92. The minimum atomic E-state index is -0.673. The summed E-state index contributed by atoms with van der Waals surface area (Å²) in [5.41, 5.74) is 0.186. The van der Waals surface area contributed by atoms with Crippen LogP contribution in [0.4, 0.5) is 0 Å². The van der Waals surface area contributed by atoms with E-state index in [1.54, 1.807) is 0 Å². The van der Waals surface area contributed by atoms with Gasteiger partial charge in [0.1, 0.15) is 0 Å². The standard InChI is InChI=1S/C15H19NO6/c1-5-6-16-13(17)9-22-15(18)10-7-11(19-2)14(21-4)12(8-10)20-3/h5,7-8H,1,6,9H2,2-4H3,(H,16,17). The van der Waals surface area contributed by atoms with Gasteiger partial charge in [0.25, 0.3) is 5.91 Å². The largest absolute Gasteiger partial charge is 0.493 e. The third-order valence-corrected chi connectivity index (χ3v) is 2.68. The van der Waals surface area contributed by atoms with Gasteiger partial charge in [0.2, 0.25) is 5.75 Å². The van der Waals surface area contributed by atoms with Crippen molar-refractivity contribution < 1.29 is 28.5 Å². The van der Waals surface area contributed by atoms with Crippen molar-refractivity contribution in [2.24, 2.45) is 0 Å². The van der Waals surface area contributed by atoms with Gasteiger partial charge in [-0.15, -0.1) is 6.58 Å². The van der Waals surface area contributed by atoms with E-state index in [9.17, 15) is 9.59 Å². The minimum Gasteiger partial charge on any atom is -0.493 e. The highest BCUT2D eigenvalue weighted by Gasteiger charge is 2.18. The predicted octanol–water partition coefficient (Wildman–Crippen LogP) is 1.17. The maximum atomic E-state index is 12.0. The number of nitrogens with one attached hydrogen (secondary N) is 1. The summed E-state index contributed by atoms with van der Waals surface area (Å²) in [6.45, 7) is 3.39. The van der Waals surface area contributed by atoms with Crippen molar-refractivity contribution in [3.8, 4) is 17.2 Å². The molecule has 0 fully saturated rings. The van der Waals surface area contributed by atoms with Gasteiger partial charge in [-0.25, -0.2) is 4.79 Å². The molecule has 0 radical (unpaired) electrons. The Morgan fingerprint density at radius 1 is 1.14 bits per heavy atom. The van der Waals surface area contributed by atoms with E-state index in [2.05, 4.69) is 11.9 Å². The number of carbonyl (C=O) groups is 2. The molecular weight excluding hydrogens is 290 g/mol. The molecule has 0 atom stereocenters. The maximum Gasteiger partial charge on any atom is 0.338 e. The monoisotopic (exact) mass is 309 g/mol. The number of benzene rings is 1. The highest BCUT2D eigenvalue weighted by Crippen LogP contribution is 2.38. The average molecular weight is 309 g/mol. The number of hydrogen-bond acceptors (Lipinski definition) is 6. The molecule has 0 aliphatic carbocycles. The van der Waals surface area contributed by atoms with E-state index in [1.807, 2.05) is 0 Å². The molecule has 0 heterocycles. The van der Waals surface area contributed by atoms with Crippen LogP contribution in [0.25, 0.3) is 0 Å². The summed E-state index contributed by atoms with van der Waals surface area (Å²) in [4.78, 5) is 23.4. The number of carbonyl (C=O) groups excluding carboxylic acids is 2. The van der Waals surface area contributed by atoms with E-state index in [4.69, 9.17) is 18.9 Å². The number of rotatable bonds is 8. The van der Waals surface area contributed by atoms with Gasteiger partial charge < -0.3 is 24.3 Å². The Bertz CT molecular complexity index is 530. The molecule has 22 heavy (non-hydrogen) atoms. The van der Waals surface area contributed by atoms with Crippen LogP contribution in [0.3, 0.4) is 0 Å². The Kier molecular flexibility index (Phi) is 6.75. The van der Waals surface area contributed by atoms with Gasteiger partial charge in [-0.3, -0.25) is 4.79 Å². The second-order valence-electron chi connectivity index (χ2n) is 4.08. The first-order valence-corrected chi connectivity index (χ1v) is 6.42. The number of ether oxygens (including phenoxy) is 4. The van der Waals surface area contributed by atoms with Crippen LogP contribution in [0.5, 0.6) is 17.2 Å². The first-order valence-electron chi connectivity index (χ1n) is 6.42. The molecule has 0 spiro atoms. The zero-order valence-electron chi connectivity index (χ0n) is 12.8. The molecule has 0 unspecified atom stereocenters. The molecule has 0 saturated heterocycles. The molecule has 120 valence electrons. The van der Waals surface area contributed by atoms with Crippen molar-refractivity contribution in [3.05, 3.63) is 30.4 Å². The summed E-state index contributed by atoms with van der Waals surface area (Å²) < 4.78 is 20.4. The minimum absolute atomic E-state index is 0.186. The highest BCUT2D eigenvalue weighted by atomic mass is 16.5. The van der Waals surface area contributed by atoms with Crippen LogP contribution >= 0.6 is 0 Å². The second kappa shape index (κ2) is 8.56. The van der Waals surface area contributed by atoms with Crippen LogP contribution in [-0.4, -0.2) is 46.4 Å². The molecule has 0 aliphatic rings. The molecule has 1 amide bonds. The van der Waals surface area contributed by atoms with Gasteiger partial charge in [-0.1, -0.05) is 6.08 Å². The van der Waals surface area contributed by atoms with Crippen LogP contribution in [0.2, 0.25) is 0 Å². The zero-order chi connectivity index (χ0) is 16.5. The third kappa shape index (κ3) is 4.41. The maximum absolute atomic E-state index is 12.0. The average Bonchev–Trinajstić information content (AvgIpc) is 2.55. The molecule has 1 aromatic rings. The van der Waals surface area contributed by atoms with E-state index < -0.39 is 11.9 Å². The number of hydrogen-bond donors (Lipinski definition) is 1. The molecule has 0 saturated carbocycles. The van der Waals surface area contributed by atoms with Crippen LogP contribution in [0.1, 0.15) is 10.4 Å². The van der Waals surface area contributed by atoms with E-state index in [0.29, 0.717) is 23.8 Å². The van der Waals surface area contributed by atoms with E-state index in [-0.39, 0.29) is 12.2 Å². The second-order valence-corrected chi connectivity index (χ2v) is 4.08. The summed E-state index contributed by atoms with van der Waals surface area (Å²) in [5, 5.41) is 2.50. The Labute approximate surface area is 128 Å². The van der Waals surface area contributed by atoms with Crippen LogP contribution in [-0.2, 0) is 9.53 Å². The molecule has 1 N–H and O–H groups in total. The molecular formula is C15H19NO6. The van der Waals surface area contributed by atoms with E-state index in [0.717, 1.165) is 0 Å². The summed E-state index contributed by atoms with van der Waals surface area (Å²) in [7, 11) is 4.34. The molecule has 1 rings (SSSR count). The van der Waals surface area contributed by atoms with E-state index >= 15 is 0 Å². The SMILES string of the molecule is C=CCNC(=O)COC(=O)c1cc(OC)c(OC)c(OC)c1. The third-order valence-electron chi connectivity index (χ3n) is 2.68. The van der Waals surface area contributed by atoms with Crippen molar-refractivity contribution in [2.75, 3.05) is 34.5 Å². The van der Waals surface area contributed by atoms with Gasteiger partial charge >= 0.3 is 5.97 Å². The van der Waals surface area contributed by atoms with E-state index in [1.165, 1.54) is 39.5 Å². The Morgan fingerprint density at radius 3 is 2.18 bits per heavy atom. The molecule has 0 bridgehead atoms. The van der Waals surface area contributed by atoms with Crippen molar-refractivity contribution in [2.45, 2.75) is 0 Å². The fraction of sp³-hybridized carbons (Fsp3) is 0.333. The Morgan fingerprint density at radius 2 is 1.73 bits per heavy atom. The molecule has 0 aromatic heterocycles. The zero-order valence-corrected chi connectivity index (χ0v) is 12.8. The number of amides is 1. The lowest BCUT2D eigenvalue weighted by atomic mass is 10.2. The number of methoxy groups -OCH3 is 3. The molecule has 7 nitrogen and oxygen atoms in total. The molecule has 1 aromatic carbocycles. The number of esters is 1. The lowest BCUT2D eigenvalue weighted by molar-refractivity contribution is -0.124. The summed E-state index contributed by atoms with van der Waals surface area (Å²) in [6, 6.07) is 2.90. The van der Waals surface area contributed by atoms with Gasteiger partial charge in [-0.05, 0) is 12.1 Å². The summed E-state index contributed by atoms with van der Waals surface area (Å²) >= 11 is 0. The fourth-order valence-corrected chi connectivity index (χ4v) is 1.65. The lowest BCUT2D eigenvalue weighted by Gasteiger charge is -2.13. The lowest BCUT2D eigenvalue weighted by Crippen LogP contribution is -2.28. The van der Waals surface area contributed by atoms with Crippen molar-refractivity contribution in [3.63, 3.8) is 0 Å². The van der Waals surface area contributed by atoms with Gasteiger partial charge in [0, 0.05) is 6.54 Å². The summed E-state index contributed by atoms with van der Waals surface area (Å²) in [5.74, 6) is -0.0752. The predicted molar refractivity (Wildman–Crippen MR) is 79.6 cm³/mol. The molecule has 0 aliphatic heterocycles. The quantitative estimate of drug-likeness (QED) is 0.573.